The summed E-state index contributed by atoms with van der Waals surface area (Å²) in [5, 5.41) is 3.73. The molecule has 3 aliphatic heterocycles. The molecule has 0 amide bonds. The second-order valence-electron chi connectivity index (χ2n) is 8.73. The lowest BCUT2D eigenvalue weighted by Gasteiger charge is -2.35. The van der Waals surface area contributed by atoms with Crippen LogP contribution in [0.25, 0.3) is 0 Å². The van der Waals surface area contributed by atoms with E-state index in [-0.39, 0.29) is 0 Å². The molecule has 2 unspecified atom stereocenters. The molecule has 2 atom stereocenters. The van der Waals surface area contributed by atoms with Crippen LogP contribution < -0.4 is 5.32 Å². The van der Waals surface area contributed by atoms with Gasteiger partial charge in [0.2, 0.25) is 0 Å². The van der Waals surface area contributed by atoms with Crippen LogP contribution in [-0.4, -0.2) is 98.8 Å². The molecule has 1 N–H and O–H groups in total. The SMILES string of the molecule is CN=C(NCC(C(C)C)N1CCCCCC1)N1CCC(N2CCOCC2)C1. The Morgan fingerprint density at radius 2 is 1.74 bits per heavy atom. The summed E-state index contributed by atoms with van der Waals surface area (Å²) in [7, 11) is 1.93. The van der Waals surface area contributed by atoms with Crippen molar-refractivity contribution in [3.63, 3.8) is 0 Å². The van der Waals surface area contributed by atoms with E-state index in [2.05, 4.69) is 38.9 Å². The molecule has 0 radical (unpaired) electrons. The Bertz CT molecular complexity index is 455. The van der Waals surface area contributed by atoms with Crippen LogP contribution >= 0.6 is 0 Å². The average Bonchev–Trinajstić information content (AvgIpc) is 3.02. The zero-order valence-electron chi connectivity index (χ0n) is 17.8. The van der Waals surface area contributed by atoms with Crippen LogP contribution in [0.5, 0.6) is 0 Å². The van der Waals surface area contributed by atoms with Crippen LogP contribution in [0.15, 0.2) is 4.99 Å². The fraction of sp³-hybridized carbons (Fsp3) is 0.952. The number of likely N-dealkylation sites (tertiary alicyclic amines) is 2. The largest absolute Gasteiger partial charge is 0.379 e. The third-order valence-corrected chi connectivity index (χ3v) is 6.59. The first-order valence-corrected chi connectivity index (χ1v) is 11.2. The molecular formula is C21H41N5O. The molecule has 3 heterocycles. The van der Waals surface area contributed by atoms with Crippen LogP contribution in [0.4, 0.5) is 0 Å². The summed E-state index contributed by atoms with van der Waals surface area (Å²) in [6, 6.07) is 1.25. The molecule has 0 aliphatic carbocycles. The summed E-state index contributed by atoms with van der Waals surface area (Å²) in [4.78, 5) is 12.4. The monoisotopic (exact) mass is 379 g/mol. The zero-order valence-corrected chi connectivity index (χ0v) is 17.8. The highest BCUT2D eigenvalue weighted by Gasteiger charge is 2.31. The van der Waals surface area contributed by atoms with E-state index in [9.17, 15) is 0 Å². The van der Waals surface area contributed by atoms with E-state index >= 15 is 0 Å². The number of morpholine rings is 1. The Morgan fingerprint density at radius 3 is 2.37 bits per heavy atom. The van der Waals surface area contributed by atoms with Crippen molar-refractivity contribution in [3.8, 4) is 0 Å². The number of aliphatic imine (C=N–C) groups is 1. The normalized spacial score (nSPS) is 27.8. The van der Waals surface area contributed by atoms with Gasteiger partial charge in [-0.1, -0.05) is 26.7 Å². The summed E-state index contributed by atoms with van der Waals surface area (Å²) in [5.74, 6) is 1.75. The van der Waals surface area contributed by atoms with Crippen molar-refractivity contribution in [2.24, 2.45) is 10.9 Å². The maximum absolute atomic E-state index is 5.51. The van der Waals surface area contributed by atoms with Gasteiger partial charge in [-0.2, -0.15) is 0 Å². The first-order valence-electron chi connectivity index (χ1n) is 11.2. The number of hydrogen-bond donors (Lipinski definition) is 1. The minimum atomic E-state index is 0.595. The van der Waals surface area contributed by atoms with Crippen LogP contribution in [-0.2, 0) is 4.74 Å². The van der Waals surface area contributed by atoms with Crippen molar-refractivity contribution in [1.29, 1.82) is 0 Å². The summed E-state index contributed by atoms with van der Waals surface area (Å²) < 4.78 is 5.51. The Morgan fingerprint density at radius 1 is 1.04 bits per heavy atom. The lowest BCUT2D eigenvalue weighted by Crippen LogP contribution is -2.51. The maximum atomic E-state index is 5.51. The van der Waals surface area contributed by atoms with Crippen LogP contribution in [0.3, 0.4) is 0 Å². The van der Waals surface area contributed by atoms with Crippen LogP contribution in [0, 0.1) is 5.92 Å². The smallest absolute Gasteiger partial charge is 0.193 e. The van der Waals surface area contributed by atoms with Crippen LogP contribution in [0.1, 0.15) is 46.0 Å². The van der Waals surface area contributed by atoms with Gasteiger partial charge in [-0.3, -0.25) is 14.8 Å². The van der Waals surface area contributed by atoms with Crippen molar-refractivity contribution in [2.75, 3.05) is 66.1 Å². The number of ether oxygens (including phenoxy) is 1. The highest BCUT2D eigenvalue weighted by molar-refractivity contribution is 5.80. The van der Waals surface area contributed by atoms with Gasteiger partial charge in [0.25, 0.3) is 0 Å². The Labute approximate surface area is 166 Å². The molecule has 0 aromatic heterocycles. The van der Waals surface area contributed by atoms with Gasteiger partial charge in [0.05, 0.1) is 13.2 Å². The topological polar surface area (TPSA) is 43.3 Å². The number of nitrogens with one attached hydrogen (secondary N) is 1. The molecule has 27 heavy (non-hydrogen) atoms. The molecule has 0 bridgehead atoms. The van der Waals surface area contributed by atoms with E-state index in [0.29, 0.717) is 18.0 Å². The molecule has 0 aromatic carbocycles. The number of guanidine groups is 1. The summed E-state index contributed by atoms with van der Waals surface area (Å²) in [6.45, 7) is 14.4. The van der Waals surface area contributed by atoms with Crippen molar-refractivity contribution in [1.82, 2.24) is 20.0 Å². The standard InChI is InChI=1S/C21H41N5O/c1-18(2)20(25-9-6-4-5-7-10-25)16-23-21(22-3)26-11-8-19(17-26)24-12-14-27-15-13-24/h18-20H,4-17H2,1-3H3,(H,22,23). The first-order chi connectivity index (χ1) is 13.2. The van der Waals surface area contributed by atoms with Crippen molar-refractivity contribution >= 4 is 5.96 Å². The predicted molar refractivity (Wildman–Crippen MR) is 112 cm³/mol. The van der Waals surface area contributed by atoms with Gasteiger partial charge in [0, 0.05) is 51.9 Å². The van der Waals surface area contributed by atoms with Gasteiger partial charge in [0.15, 0.2) is 5.96 Å². The molecule has 3 fully saturated rings. The molecule has 3 aliphatic rings. The molecule has 3 saturated heterocycles. The summed E-state index contributed by atoms with van der Waals surface area (Å²) in [6.07, 6.45) is 6.73. The van der Waals surface area contributed by atoms with Crippen molar-refractivity contribution in [3.05, 3.63) is 0 Å². The third-order valence-electron chi connectivity index (χ3n) is 6.59. The van der Waals surface area contributed by atoms with Crippen molar-refractivity contribution < 1.29 is 4.74 Å². The molecule has 6 heteroatoms. The quantitative estimate of drug-likeness (QED) is 0.584. The van der Waals surface area contributed by atoms with Gasteiger partial charge in [-0.15, -0.1) is 0 Å². The second kappa shape index (κ2) is 10.6. The second-order valence-corrected chi connectivity index (χ2v) is 8.73. The van der Waals surface area contributed by atoms with E-state index < -0.39 is 0 Å². The highest BCUT2D eigenvalue weighted by atomic mass is 16.5. The molecule has 0 aromatic rings. The van der Waals surface area contributed by atoms with Gasteiger partial charge in [-0.05, 0) is 38.3 Å². The van der Waals surface area contributed by atoms with E-state index in [4.69, 9.17) is 4.74 Å². The third kappa shape index (κ3) is 5.81. The maximum Gasteiger partial charge on any atom is 0.193 e. The van der Waals surface area contributed by atoms with Gasteiger partial charge in [0.1, 0.15) is 0 Å². The lowest BCUT2D eigenvalue weighted by atomic mass is 10.0. The van der Waals surface area contributed by atoms with E-state index in [1.54, 1.807) is 0 Å². The summed E-state index contributed by atoms with van der Waals surface area (Å²) in [5.41, 5.74) is 0. The fourth-order valence-electron chi connectivity index (χ4n) is 4.92. The minimum absolute atomic E-state index is 0.595. The average molecular weight is 380 g/mol. The number of rotatable bonds is 5. The lowest BCUT2D eigenvalue weighted by molar-refractivity contribution is 0.0194. The van der Waals surface area contributed by atoms with Crippen LogP contribution in [0.2, 0.25) is 0 Å². The minimum Gasteiger partial charge on any atom is -0.379 e. The molecule has 3 rings (SSSR count). The van der Waals surface area contributed by atoms with Gasteiger partial charge < -0.3 is 15.0 Å². The number of nitrogens with zero attached hydrogens (tertiary/aromatic N) is 4. The van der Waals surface area contributed by atoms with E-state index in [1.807, 2.05) is 7.05 Å². The Kier molecular flexibility index (Phi) is 8.22. The predicted octanol–water partition coefficient (Wildman–Crippen LogP) is 1.87. The summed E-state index contributed by atoms with van der Waals surface area (Å²) >= 11 is 0. The molecule has 0 spiro atoms. The fourth-order valence-corrected chi connectivity index (χ4v) is 4.92. The van der Waals surface area contributed by atoms with Gasteiger partial charge >= 0.3 is 0 Å². The first kappa shape index (κ1) is 20.9. The highest BCUT2D eigenvalue weighted by Crippen LogP contribution is 2.19. The number of hydrogen-bond acceptors (Lipinski definition) is 4. The van der Waals surface area contributed by atoms with Crippen molar-refractivity contribution in [2.45, 2.75) is 58.0 Å². The van der Waals surface area contributed by atoms with E-state index in [1.165, 1.54) is 45.2 Å². The Balaban J connectivity index is 1.51. The Hall–Kier alpha value is -0.850. The molecular weight excluding hydrogens is 338 g/mol. The molecule has 0 saturated carbocycles. The molecule has 156 valence electrons. The zero-order chi connectivity index (χ0) is 19.1. The molecule has 6 nitrogen and oxygen atoms in total. The van der Waals surface area contributed by atoms with Gasteiger partial charge in [-0.25, -0.2) is 0 Å². The van der Waals surface area contributed by atoms with E-state index in [0.717, 1.165) is 51.9 Å².